The molecule has 110 valence electrons. The van der Waals surface area contributed by atoms with Crippen LogP contribution >= 0.6 is 0 Å². The number of rotatable bonds is 1. The number of pyridine rings is 1. The number of nitrogens with two attached hydrogens (primary N) is 1. The fourth-order valence-corrected chi connectivity index (χ4v) is 3.02. The Morgan fingerprint density at radius 2 is 1.86 bits per heavy atom. The van der Waals surface area contributed by atoms with Crippen molar-refractivity contribution in [2.24, 2.45) is 5.73 Å². The first-order valence-corrected chi connectivity index (χ1v) is 6.92. The summed E-state index contributed by atoms with van der Waals surface area (Å²) in [6.07, 6.45) is 1.75. The number of hydrogen-bond donors (Lipinski definition) is 2. The maximum atomic E-state index is 14.1. The van der Waals surface area contributed by atoms with E-state index in [4.69, 9.17) is 5.73 Å². The van der Waals surface area contributed by atoms with Crippen molar-refractivity contribution in [1.29, 1.82) is 0 Å². The lowest BCUT2D eigenvalue weighted by Crippen LogP contribution is -2.21. The zero-order valence-electron chi connectivity index (χ0n) is 11.3. The van der Waals surface area contributed by atoms with Crippen LogP contribution in [0.1, 0.15) is 47.7 Å². The van der Waals surface area contributed by atoms with Crippen LogP contribution in [0.25, 0.3) is 0 Å². The van der Waals surface area contributed by atoms with Gasteiger partial charge >= 0.3 is 0 Å². The minimum absolute atomic E-state index is 0.256. The summed E-state index contributed by atoms with van der Waals surface area (Å²) >= 11 is 0. The lowest BCUT2D eigenvalue weighted by molar-refractivity contribution is 0.160. The van der Waals surface area contributed by atoms with Gasteiger partial charge in [-0.15, -0.1) is 0 Å². The normalized spacial score (nSPS) is 25.2. The Balaban J connectivity index is 2.07. The third-order valence-corrected chi connectivity index (χ3v) is 4.11. The third kappa shape index (κ3) is 2.43. The summed E-state index contributed by atoms with van der Waals surface area (Å²) < 4.78 is 27.5. The first-order chi connectivity index (χ1) is 10.1. The Kier molecular flexibility index (Phi) is 3.69. The van der Waals surface area contributed by atoms with Gasteiger partial charge in [0.25, 0.3) is 0 Å². The zero-order chi connectivity index (χ0) is 15.0. The predicted octanol–water partition coefficient (Wildman–Crippen LogP) is 2.97. The molecule has 0 spiro atoms. The molecule has 3 N–H and O–H groups in total. The van der Waals surface area contributed by atoms with Crippen LogP contribution in [0.4, 0.5) is 8.78 Å². The van der Waals surface area contributed by atoms with E-state index in [1.165, 1.54) is 6.07 Å². The molecule has 1 aromatic heterocycles. The van der Waals surface area contributed by atoms with Gasteiger partial charge in [0, 0.05) is 18.2 Å². The van der Waals surface area contributed by atoms with Crippen molar-refractivity contribution in [1.82, 2.24) is 4.98 Å². The second kappa shape index (κ2) is 5.50. The van der Waals surface area contributed by atoms with Gasteiger partial charge in [-0.1, -0.05) is 18.2 Å². The molecule has 0 saturated heterocycles. The number of halogens is 2. The summed E-state index contributed by atoms with van der Waals surface area (Å²) in [6.45, 7) is 0. The highest BCUT2D eigenvalue weighted by molar-refractivity contribution is 5.33. The van der Waals surface area contributed by atoms with Crippen molar-refractivity contribution in [3.8, 4) is 0 Å². The molecule has 5 heteroatoms. The Morgan fingerprint density at radius 1 is 1.10 bits per heavy atom. The summed E-state index contributed by atoms with van der Waals surface area (Å²) in [4.78, 5) is 4.18. The molecule has 0 amide bonds. The van der Waals surface area contributed by atoms with Crippen LogP contribution in [-0.4, -0.2) is 10.1 Å². The predicted molar refractivity (Wildman–Crippen MR) is 74.5 cm³/mol. The van der Waals surface area contributed by atoms with Crippen LogP contribution in [0.15, 0.2) is 36.5 Å². The fourth-order valence-electron chi connectivity index (χ4n) is 3.02. The minimum atomic E-state index is -0.879. The highest BCUT2D eigenvalue weighted by Crippen LogP contribution is 2.41. The molecule has 0 fully saturated rings. The molecule has 0 bridgehead atoms. The minimum Gasteiger partial charge on any atom is -0.387 e. The standard InChI is InChI=1S/C16H16F2N2O/c17-12-5-1-3-9(14(12)18)10-6-7-13(21)16-11(15(10)19)4-2-8-20-16/h1-5,8,10,13,15,21H,6-7,19H2. The molecule has 3 unspecified atom stereocenters. The number of benzene rings is 1. The molecule has 0 saturated carbocycles. The average Bonchev–Trinajstić information content (AvgIpc) is 2.62. The van der Waals surface area contributed by atoms with Crippen molar-refractivity contribution >= 4 is 0 Å². The number of aromatic nitrogens is 1. The summed E-state index contributed by atoms with van der Waals surface area (Å²) in [7, 11) is 0. The molecule has 1 heterocycles. The first kappa shape index (κ1) is 14.1. The Labute approximate surface area is 121 Å². The summed E-state index contributed by atoms with van der Waals surface area (Å²) in [5.74, 6) is -2.13. The summed E-state index contributed by atoms with van der Waals surface area (Å²) in [6, 6.07) is 7.11. The molecular formula is C16H16F2N2O. The third-order valence-electron chi connectivity index (χ3n) is 4.11. The topological polar surface area (TPSA) is 59.1 Å². The zero-order valence-corrected chi connectivity index (χ0v) is 11.3. The molecule has 1 aromatic carbocycles. The van der Waals surface area contributed by atoms with Crippen molar-refractivity contribution in [2.45, 2.75) is 30.9 Å². The molecular weight excluding hydrogens is 274 g/mol. The largest absolute Gasteiger partial charge is 0.387 e. The van der Waals surface area contributed by atoms with Gasteiger partial charge in [-0.25, -0.2) is 8.78 Å². The number of hydrogen-bond acceptors (Lipinski definition) is 3. The van der Waals surface area contributed by atoms with Gasteiger partial charge in [0.2, 0.25) is 0 Å². The van der Waals surface area contributed by atoms with E-state index in [9.17, 15) is 13.9 Å². The number of aliphatic hydroxyl groups is 1. The second-order valence-electron chi connectivity index (χ2n) is 5.35. The Morgan fingerprint density at radius 3 is 2.67 bits per heavy atom. The Hall–Kier alpha value is -1.85. The monoisotopic (exact) mass is 290 g/mol. The summed E-state index contributed by atoms with van der Waals surface area (Å²) in [5.41, 5.74) is 7.74. The maximum Gasteiger partial charge on any atom is 0.162 e. The van der Waals surface area contributed by atoms with Crippen molar-refractivity contribution in [3.63, 3.8) is 0 Å². The van der Waals surface area contributed by atoms with Crippen LogP contribution in [0.5, 0.6) is 0 Å². The quantitative estimate of drug-likeness (QED) is 0.794. The van der Waals surface area contributed by atoms with E-state index >= 15 is 0 Å². The number of nitrogens with zero attached hydrogens (tertiary/aromatic N) is 1. The second-order valence-corrected chi connectivity index (χ2v) is 5.35. The molecule has 2 aromatic rings. The van der Waals surface area contributed by atoms with E-state index in [1.807, 2.05) is 0 Å². The molecule has 0 radical (unpaired) electrons. The van der Waals surface area contributed by atoms with Crippen molar-refractivity contribution in [2.75, 3.05) is 0 Å². The van der Waals surface area contributed by atoms with E-state index in [2.05, 4.69) is 4.98 Å². The summed E-state index contributed by atoms with van der Waals surface area (Å²) in [5, 5.41) is 10.2. The molecule has 1 aliphatic rings. The Bertz CT molecular complexity index is 662. The molecule has 0 aliphatic heterocycles. The van der Waals surface area contributed by atoms with Crippen molar-refractivity contribution < 1.29 is 13.9 Å². The number of aliphatic hydroxyl groups excluding tert-OH is 1. The van der Waals surface area contributed by atoms with E-state index < -0.39 is 23.8 Å². The van der Waals surface area contributed by atoms with Crippen LogP contribution in [0.2, 0.25) is 0 Å². The van der Waals surface area contributed by atoms with E-state index in [0.29, 0.717) is 24.1 Å². The van der Waals surface area contributed by atoms with Crippen molar-refractivity contribution in [3.05, 3.63) is 65.0 Å². The van der Waals surface area contributed by atoms with Gasteiger partial charge in [0.15, 0.2) is 11.6 Å². The highest BCUT2D eigenvalue weighted by Gasteiger charge is 2.32. The van der Waals surface area contributed by atoms with E-state index in [1.54, 1.807) is 24.4 Å². The molecule has 21 heavy (non-hydrogen) atoms. The molecule has 1 aliphatic carbocycles. The average molecular weight is 290 g/mol. The maximum absolute atomic E-state index is 14.1. The van der Waals surface area contributed by atoms with Crippen LogP contribution < -0.4 is 5.73 Å². The van der Waals surface area contributed by atoms with E-state index in [0.717, 1.165) is 6.07 Å². The van der Waals surface area contributed by atoms with Crippen LogP contribution in [0, 0.1) is 11.6 Å². The first-order valence-electron chi connectivity index (χ1n) is 6.92. The van der Waals surface area contributed by atoms with Crippen LogP contribution in [0.3, 0.4) is 0 Å². The van der Waals surface area contributed by atoms with Gasteiger partial charge in [0.1, 0.15) is 0 Å². The van der Waals surface area contributed by atoms with Gasteiger partial charge in [-0.05, 0) is 36.1 Å². The van der Waals surface area contributed by atoms with Gasteiger partial charge in [0.05, 0.1) is 11.8 Å². The fraction of sp³-hybridized carbons (Fsp3) is 0.312. The van der Waals surface area contributed by atoms with Gasteiger partial charge in [-0.2, -0.15) is 0 Å². The number of fused-ring (bicyclic) bond motifs is 1. The van der Waals surface area contributed by atoms with Crippen LogP contribution in [-0.2, 0) is 0 Å². The highest BCUT2D eigenvalue weighted by atomic mass is 19.2. The molecule has 3 atom stereocenters. The van der Waals surface area contributed by atoms with E-state index in [-0.39, 0.29) is 11.5 Å². The van der Waals surface area contributed by atoms with Gasteiger partial charge in [-0.3, -0.25) is 4.98 Å². The molecule has 3 nitrogen and oxygen atoms in total. The molecule has 3 rings (SSSR count). The lowest BCUT2D eigenvalue weighted by atomic mass is 9.86. The SMILES string of the molecule is NC1c2cccnc2C(O)CCC1c1cccc(F)c1F. The van der Waals surface area contributed by atoms with Gasteiger partial charge < -0.3 is 10.8 Å². The lowest BCUT2D eigenvalue weighted by Gasteiger charge is -2.23. The smallest absolute Gasteiger partial charge is 0.162 e.